The number of hydrogen-bond acceptors (Lipinski definition) is 5. The number of benzene rings is 2. The zero-order valence-corrected chi connectivity index (χ0v) is 15.5. The third-order valence-corrected chi connectivity index (χ3v) is 4.72. The van der Waals surface area contributed by atoms with Crippen LogP contribution < -0.4 is 9.47 Å². The maximum absolute atomic E-state index is 12.0. The number of carbonyl (C=O) groups excluding carboxylic acids is 1. The topological polar surface area (TPSA) is 59.3 Å². The molecule has 27 heavy (non-hydrogen) atoms. The monoisotopic (exact) mass is 375 g/mol. The Kier molecular flexibility index (Phi) is 6.03. The van der Waals surface area contributed by atoms with Gasteiger partial charge in [0.15, 0.2) is 0 Å². The van der Waals surface area contributed by atoms with Crippen LogP contribution in [-0.4, -0.2) is 13.1 Å². The molecule has 2 aromatic carbocycles. The molecule has 0 saturated heterocycles. The first-order valence-electron chi connectivity index (χ1n) is 8.28. The molecule has 4 nitrogen and oxygen atoms in total. The van der Waals surface area contributed by atoms with Crippen LogP contribution in [0.1, 0.15) is 16.0 Å². The van der Waals surface area contributed by atoms with Crippen molar-refractivity contribution in [3.63, 3.8) is 0 Å². The molecule has 1 aromatic heterocycles. The maximum Gasteiger partial charge on any atom is 0.316 e. The smallest absolute Gasteiger partial charge is 0.316 e. The van der Waals surface area contributed by atoms with Crippen LogP contribution in [0.4, 0.5) is 0 Å². The second kappa shape index (κ2) is 8.84. The van der Waals surface area contributed by atoms with Crippen LogP contribution in [0.3, 0.4) is 0 Å². The number of nitriles is 1. The second-order valence-electron chi connectivity index (χ2n) is 5.67. The van der Waals surface area contributed by atoms with Crippen LogP contribution in [0.5, 0.6) is 11.5 Å². The number of ether oxygens (including phenoxy) is 2. The highest BCUT2D eigenvalue weighted by atomic mass is 32.1. The Labute approximate surface area is 161 Å². The largest absolute Gasteiger partial charge is 0.496 e. The molecule has 0 fully saturated rings. The molecule has 0 aliphatic heterocycles. The van der Waals surface area contributed by atoms with Crippen LogP contribution in [0, 0.1) is 11.3 Å². The van der Waals surface area contributed by atoms with Crippen molar-refractivity contribution in [3.8, 4) is 17.6 Å². The van der Waals surface area contributed by atoms with E-state index in [2.05, 4.69) is 6.07 Å². The Bertz CT molecular complexity index is 983. The molecular weight excluding hydrogens is 358 g/mol. The molecule has 0 atom stereocenters. The molecule has 134 valence electrons. The lowest BCUT2D eigenvalue weighted by molar-refractivity contribution is -0.133. The van der Waals surface area contributed by atoms with Crippen LogP contribution in [0.15, 0.2) is 66.0 Å². The minimum absolute atomic E-state index is 0.256. The number of thiophene rings is 1. The normalized spacial score (nSPS) is 10.9. The third-order valence-electron chi connectivity index (χ3n) is 3.84. The minimum atomic E-state index is -0.299. The highest BCUT2D eigenvalue weighted by molar-refractivity contribution is 7.10. The summed E-state index contributed by atoms with van der Waals surface area (Å²) in [6, 6.07) is 20.4. The fourth-order valence-corrected chi connectivity index (χ4v) is 3.25. The zero-order chi connectivity index (χ0) is 19.1. The van der Waals surface area contributed by atoms with E-state index in [0.29, 0.717) is 17.1 Å². The summed E-state index contributed by atoms with van der Waals surface area (Å²) in [7, 11) is 1.58. The summed E-state index contributed by atoms with van der Waals surface area (Å²) in [4.78, 5) is 12.9. The molecule has 0 aliphatic rings. The zero-order valence-electron chi connectivity index (χ0n) is 14.7. The summed E-state index contributed by atoms with van der Waals surface area (Å²) in [5.41, 5.74) is 2.05. The highest BCUT2D eigenvalue weighted by Gasteiger charge is 2.09. The molecule has 0 unspecified atom stereocenters. The summed E-state index contributed by atoms with van der Waals surface area (Å²) >= 11 is 1.52. The Balaban J connectivity index is 1.73. The van der Waals surface area contributed by atoms with Gasteiger partial charge in [0.2, 0.25) is 0 Å². The molecule has 3 aromatic rings. The summed E-state index contributed by atoms with van der Waals surface area (Å²) in [6.45, 7) is 0. The van der Waals surface area contributed by atoms with Crippen molar-refractivity contribution in [3.05, 3.63) is 82.0 Å². The molecule has 0 radical (unpaired) electrons. The van der Waals surface area contributed by atoms with Crippen LogP contribution in [0.25, 0.3) is 11.6 Å². The summed E-state index contributed by atoms with van der Waals surface area (Å²) in [5, 5.41) is 11.4. The van der Waals surface area contributed by atoms with Gasteiger partial charge in [0.25, 0.3) is 0 Å². The predicted octanol–water partition coefficient (Wildman–Crippen LogP) is 4.97. The summed E-state index contributed by atoms with van der Waals surface area (Å²) < 4.78 is 10.7. The first-order chi connectivity index (χ1) is 13.2. The summed E-state index contributed by atoms with van der Waals surface area (Å²) in [6.07, 6.45) is 2.03. The number of methoxy groups -OCH3 is 1. The van der Waals surface area contributed by atoms with Gasteiger partial charge in [-0.15, -0.1) is 11.3 Å². The van der Waals surface area contributed by atoms with Crippen molar-refractivity contribution < 1.29 is 14.3 Å². The van der Waals surface area contributed by atoms with Gasteiger partial charge in [-0.1, -0.05) is 30.3 Å². The van der Waals surface area contributed by atoms with Gasteiger partial charge < -0.3 is 9.47 Å². The van der Waals surface area contributed by atoms with Crippen molar-refractivity contribution in [1.29, 1.82) is 5.26 Å². The molecule has 3 rings (SSSR count). The Hall–Kier alpha value is -3.36. The lowest BCUT2D eigenvalue weighted by atomic mass is 10.0. The van der Waals surface area contributed by atoms with Gasteiger partial charge in [-0.25, -0.2) is 0 Å². The minimum Gasteiger partial charge on any atom is -0.496 e. The van der Waals surface area contributed by atoms with Crippen molar-refractivity contribution >= 4 is 29.0 Å². The van der Waals surface area contributed by atoms with E-state index in [1.54, 1.807) is 37.5 Å². The predicted molar refractivity (Wildman–Crippen MR) is 107 cm³/mol. The second-order valence-corrected chi connectivity index (χ2v) is 6.70. The van der Waals surface area contributed by atoms with E-state index < -0.39 is 0 Å². The fourth-order valence-electron chi connectivity index (χ4n) is 2.56. The van der Waals surface area contributed by atoms with Gasteiger partial charge in [-0.3, -0.25) is 4.79 Å². The van der Waals surface area contributed by atoms with Gasteiger partial charge in [-0.05, 0) is 47.4 Å². The standard InChI is InChI=1S/C22H17NO3S/c1-25-21-7-3-2-6-20(21)17(15-23)13-16-8-10-18(11-9-16)26-22(24)14-19-5-4-12-27-19/h2-13H,14H2,1H3/b17-13-. The Morgan fingerprint density at radius 3 is 2.56 bits per heavy atom. The summed E-state index contributed by atoms with van der Waals surface area (Å²) in [5.74, 6) is 0.821. The average Bonchev–Trinajstić information content (AvgIpc) is 3.20. The van der Waals surface area contributed by atoms with E-state index in [1.165, 1.54) is 11.3 Å². The number of esters is 1. The van der Waals surface area contributed by atoms with E-state index >= 15 is 0 Å². The number of nitrogens with zero attached hydrogens (tertiary/aromatic N) is 1. The van der Waals surface area contributed by atoms with E-state index in [4.69, 9.17) is 9.47 Å². The van der Waals surface area contributed by atoms with E-state index in [9.17, 15) is 10.1 Å². The average molecular weight is 375 g/mol. The van der Waals surface area contributed by atoms with E-state index in [1.807, 2.05) is 41.8 Å². The quantitative estimate of drug-likeness (QED) is 0.264. The lowest BCUT2D eigenvalue weighted by Crippen LogP contribution is -2.10. The molecular formula is C22H17NO3S. The molecule has 1 heterocycles. The van der Waals surface area contributed by atoms with Crippen LogP contribution in [0.2, 0.25) is 0 Å². The van der Waals surface area contributed by atoms with Crippen molar-refractivity contribution in [2.24, 2.45) is 0 Å². The number of allylic oxidation sites excluding steroid dienone is 1. The number of para-hydroxylation sites is 1. The SMILES string of the molecule is COc1ccccc1/C(C#N)=C\c1ccc(OC(=O)Cc2cccs2)cc1. The van der Waals surface area contributed by atoms with Gasteiger partial charge in [0.1, 0.15) is 11.5 Å². The molecule has 5 heteroatoms. The fraction of sp³-hybridized carbons (Fsp3) is 0.0909. The number of rotatable bonds is 6. The Morgan fingerprint density at radius 1 is 1.11 bits per heavy atom. The van der Waals surface area contributed by atoms with Crippen LogP contribution >= 0.6 is 11.3 Å². The van der Waals surface area contributed by atoms with Gasteiger partial charge in [-0.2, -0.15) is 5.26 Å². The molecule has 0 bridgehead atoms. The van der Waals surface area contributed by atoms with Gasteiger partial charge in [0, 0.05) is 10.4 Å². The molecule has 0 saturated carbocycles. The third kappa shape index (κ3) is 4.84. The maximum atomic E-state index is 12.0. The van der Waals surface area contributed by atoms with Crippen LogP contribution in [-0.2, 0) is 11.2 Å². The number of hydrogen-bond donors (Lipinski definition) is 0. The van der Waals surface area contributed by atoms with Crippen molar-refractivity contribution in [2.45, 2.75) is 6.42 Å². The lowest BCUT2D eigenvalue weighted by Gasteiger charge is -2.07. The van der Waals surface area contributed by atoms with Gasteiger partial charge in [0.05, 0.1) is 25.2 Å². The van der Waals surface area contributed by atoms with E-state index in [-0.39, 0.29) is 12.4 Å². The molecule has 0 N–H and O–H groups in total. The first-order valence-corrected chi connectivity index (χ1v) is 9.16. The van der Waals surface area contributed by atoms with Crippen molar-refractivity contribution in [2.75, 3.05) is 7.11 Å². The van der Waals surface area contributed by atoms with E-state index in [0.717, 1.165) is 16.0 Å². The molecule has 0 aliphatic carbocycles. The first kappa shape index (κ1) is 18.4. The van der Waals surface area contributed by atoms with Gasteiger partial charge >= 0.3 is 5.97 Å². The molecule has 0 amide bonds. The number of carbonyl (C=O) groups is 1. The highest BCUT2D eigenvalue weighted by Crippen LogP contribution is 2.27. The van der Waals surface area contributed by atoms with Crippen molar-refractivity contribution in [1.82, 2.24) is 0 Å². The molecule has 0 spiro atoms. The Morgan fingerprint density at radius 2 is 1.89 bits per heavy atom.